The average molecular weight is 435 g/mol. The molecule has 2 atom stereocenters. The van der Waals surface area contributed by atoms with Crippen LogP contribution in [0.1, 0.15) is 17.0 Å². The maximum atomic E-state index is 12.8. The van der Waals surface area contributed by atoms with Crippen molar-refractivity contribution in [1.29, 1.82) is 0 Å². The summed E-state index contributed by atoms with van der Waals surface area (Å²) in [5, 5.41) is 16.4. The van der Waals surface area contributed by atoms with Gasteiger partial charge in [0.25, 0.3) is 0 Å². The number of anilines is 2. The van der Waals surface area contributed by atoms with Crippen LogP contribution in [0.3, 0.4) is 0 Å². The number of aromatic amines is 1. The summed E-state index contributed by atoms with van der Waals surface area (Å²) < 4.78 is 0. The molecule has 2 amide bonds. The molecule has 1 fully saturated rings. The smallest absolute Gasteiger partial charge is 0.308 e. The van der Waals surface area contributed by atoms with Gasteiger partial charge in [-0.05, 0) is 42.0 Å². The van der Waals surface area contributed by atoms with Crippen LogP contribution in [0.25, 0.3) is 0 Å². The van der Waals surface area contributed by atoms with Crippen LogP contribution in [0.15, 0.2) is 59.7 Å². The maximum Gasteiger partial charge on any atom is 0.323 e. The van der Waals surface area contributed by atoms with E-state index < -0.39 is 0 Å². The van der Waals surface area contributed by atoms with Crippen LogP contribution in [0.4, 0.5) is 22.0 Å². The van der Waals surface area contributed by atoms with Crippen LogP contribution >= 0.6 is 11.6 Å². The number of amides is 2. The third-order valence-electron chi connectivity index (χ3n) is 5.49. The highest BCUT2D eigenvalue weighted by Gasteiger charge is 2.41. The monoisotopic (exact) mass is 434 g/mol. The van der Waals surface area contributed by atoms with Crippen LogP contribution < -0.4 is 16.0 Å². The number of urea groups is 1. The predicted molar refractivity (Wildman–Crippen MR) is 119 cm³/mol. The highest BCUT2D eigenvalue weighted by molar-refractivity contribution is 6.30. The van der Waals surface area contributed by atoms with E-state index in [1.807, 2.05) is 24.3 Å². The molecular weight excluding hydrogens is 416 g/mol. The van der Waals surface area contributed by atoms with Gasteiger partial charge in [-0.2, -0.15) is 5.10 Å². The molecule has 5 rings (SSSR count). The third-order valence-corrected chi connectivity index (χ3v) is 5.74. The molecule has 3 aromatic rings. The molecule has 0 radical (unpaired) electrons. The number of aliphatic imine (C=N–C) groups is 1. The molecule has 2 unspecified atom stereocenters. The Balaban J connectivity index is 1.41. The minimum atomic E-state index is -0.368. The minimum Gasteiger partial charge on any atom is -0.308 e. The van der Waals surface area contributed by atoms with Gasteiger partial charge in [-0.1, -0.05) is 23.7 Å². The van der Waals surface area contributed by atoms with Crippen molar-refractivity contribution in [3.63, 3.8) is 0 Å². The Morgan fingerprint density at radius 2 is 1.84 bits per heavy atom. The number of hydrogen-bond acceptors (Lipinski definition) is 5. The maximum absolute atomic E-state index is 12.8. The zero-order valence-corrected chi connectivity index (χ0v) is 17.1. The Hall–Kier alpha value is -3.49. The number of rotatable bonds is 3. The van der Waals surface area contributed by atoms with Crippen molar-refractivity contribution >= 4 is 46.3 Å². The van der Waals surface area contributed by atoms with E-state index in [4.69, 9.17) is 11.6 Å². The van der Waals surface area contributed by atoms with Gasteiger partial charge in [0.1, 0.15) is 0 Å². The molecule has 1 aromatic heterocycles. The second-order valence-corrected chi connectivity index (χ2v) is 7.95. The topological polar surface area (TPSA) is 111 Å². The number of ketones is 1. The van der Waals surface area contributed by atoms with Crippen molar-refractivity contribution in [3.8, 4) is 0 Å². The molecule has 8 nitrogen and oxygen atoms in total. The third kappa shape index (κ3) is 3.83. The molecule has 2 aliphatic heterocycles. The van der Waals surface area contributed by atoms with Crippen molar-refractivity contribution in [1.82, 2.24) is 15.5 Å². The van der Waals surface area contributed by atoms with Gasteiger partial charge in [0.15, 0.2) is 11.6 Å². The summed E-state index contributed by atoms with van der Waals surface area (Å²) in [5.74, 6) is 0.216. The molecule has 3 heterocycles. The number of halogens is 1. The number of H-pyrrole nitrogens is 1. The van der Waals surface area contributed by atoms with Crippen molar-refractivity contribution in [2.75, 3.05) is 23.7 Å². The Labute approximate surface area is 183 Å². The fourth-order valence-electron chi connectivity index (χ4n) is 4.14. The highest BCUT2D eigenvalue weighted by Crippen LogP contribution is 2.42. The van der Waals surface area contributed by atoms with Crippen LogP contribution in [-0.4, -0.2) is 40.8 Å². The van der Waals surface area contributed by atoms with Gasteiger partial charge in [-0.3, -0.25) is 9.89 Å². The summed E-state index contributed by atoms with van der Waals surface area (Å²) in [6.45, 7) is 0.877. The van der Waals surface area contributed by atoms with Crippen molar-refractivity contribution in [2.24, 2.45) is 10.9 Å². The molecule has 0 spiro atoms. The first-order chi connectivity index (χ1) is 15.1. The summed E-state index contributed by atoms with van der Waals surface area (Å²) in [6.07, 6.45) is 1.73. The molecular formula is C22H19ClN6O2. The van der Waals surface area contributed by atoms with E-state index in [-0.39, 0.29) is 23.7 Å². The lowest BCUT2D eigenvalue weighted by Crippen LogP contribution is -2.48. The number of nitrogens with zero attached hydrogens (tertiary/aromatic N) is 2. The number of nitrogens with one attached hydrogen (secondary N) is 4. The Bertz CT molecular complexity index is 1190. The van der Waals surface area contributed by atoms with E-state index in [1.54, 1.807) is 30.5 Å². The zero-order chi connectivity index (χ0) is 21.4. The Kier molecular flexibility index (Phi) is 5.01. The molecule has 1 saturated heterocycles. The van der Waals surface area contributed by atoms with Crippen molar-refractivity contribution in [2.45, 2.75) is 5.92 Å². The zero-order valence-electron chi connectivity index (χ0n) is 16.4. The summed E-state index contributed by atoms with van der Waals surface area (Å²) in [5.41, 5.74) is 3.86. The first kappa shape index (κ1) is 19.5. The molecule has 4 N–H and O–H groups in total. The lowest BCUT2D eigenvalue weighted by Gasteiger charge is -2.34. The van der Waals surface area contributed by atoms with E-state index in [2.05, 4.69) is 31.1 Å². The number of carbonyl (C=O) groups is 2. The van der Waals surface area contributed by atoms with E-state index >= 15 is 0 Å². The summed E-state index contributed by atoms with van der Waals surface area (Å²) >= 11 is 5.88. The van der Waals surface area contributed by atoms with Gasteiger partial charge in [-0.25, -0.2) is 9.79 Å². The van der Waals surface area contributed by atoms with Gasteiger partial charge in [0.2, 0.25) is 0 Å². The van der Waals surface area contributed by atoms with Crippen LogP contribution in [0, 0.1) is 5.92 Å². The second kappa shape index (κ2) is 7.98. The number of fused-ring (bicyclic) bond motifs is 2. The summed E-state index contributed by atoms with van der Waals surface area (Å²) in [7, 11) is 0. The molecule has 156 valence electrons. The number of hydrogen-bond donors (Lipinski definition) is 4. The quantitative estimate of drug-likeness (QED) is 0.503. The average Bonchev–Trinajstić information content (AvgIpc) is 3.22. The first-order valence-corrected chi connectivity index (χ1v) is 10.2. The van der Waals surface area contributed by atoms with E-state index in [1.165, 1.54) is 0 Å². The highest BCUT2D eigenvalue weighted by atomic mass is 35.5. The van der Waals surface area contributed by atoms with E-state index in [0.717, 1.165) is 16.8 Å². The lowest BCUT2D eigenvalue weighted by molar-refractivity contribution is -0.120. The molecule has 2 aromatic carbocycles. The molecule has 9 heteroatoms. The lowest BCUT2D eigenvalue weighted by atomic mass is 9.74. The Morgan fingerprint density at radius 3 is 2.68 bits per heavy atom. The number of carbonyl (C=O) groups excluding carboxylic acids is 2. The van der Waals surface area contributed by atoms with Gasteiger partial charge < -0.3 is 16.0 Å². The normalized spacial score (nSPS) is 19.8. The molecule has 2 aliphatic rings. The van der Waals surface area contributed by atoms with Gasteiger partial charge >= 0.3 is 6.03 Å². The fraction of sp³-hybridized carbons (Fsp3) is 0.182. The molecule has 31 heavy (non-hydrogen) atoms. The number of Topliss-reactive ketones (excluding diaryl/α,β-unsaturated/α-hetero) is 1. The predicted octanol–water partition coefficient (Wildman–Crippen LogP) is 3.71. The number of aromatic nitrogens is 2. The SMILES string of the molecule is O=C(Nc1ccc(Cl)cc1)Nc1cccc(C2c3cn[nH]c3N=C3CNCC(=O)C32)c1. The van der Waals surface area contributed by atoms with Gasteiger partial charge in [-0.15, -0.1) is 0 Å². The van der Waals surface area contributed by atoms with Crippen molar-refractivity contribution < 1.29 is 9.59 Å². The second-order valence-electron chi connectivity index (χ2n) is 7.51. The van der Waals surface area contributed by atoms with Gasteiger partial charge in [0.05, 0.1) is 18.7 Å². The van der Waals surface area contributed by atoms with Crippen LogP contribution in [0.5, 0.6) is 0 Å². The fourth-order valence-corrected chi connectivity index (χ4v) is 4.27. The van der Waals surface area contributed by atoms with Gasteiger partial charge in [0, 0.05) is 40.1 Å². The molecule has 0 bridgehead atoms. The summed E-state index contributed by atoms with van der Waals surface area (Å²) in [6, 6.07) is 14.0. The largest absolute Gasteiger partial charge is 0.323 e. The molecule has 0 saturated carbocycles. The van der Waals surface area contributed by atoms with E-state index in [0.29, 0.717) is 35.3 Å². The minimum absolute atomic E-state index is 0.0979. The van der Waals surface area contributed by atoms with Crippen LogP contribution in [0.2, 0.25) is 5.02 Å². The molecule has 0 aliphatic carbocycles. The summed E-state index contributed by atoms with van der Waals surface area (Å²) in [4.78, 5) is 29.8. The number of benzene rings is 2. The standard InChI is InChI=1S/C22H19ClN6O2/c23-13-4-6-14(7-5-13)26-22(31)27-15-3-1-2-12(8-15)19-16-9-25-29-21(16)28-17-10-24-11-18(30)20(17)19/h1-9,19-20,24H,10-11H2,(H,25,29)(H2,26,27,31). The van der Waals surface area contributed by atoms with Crippen molar-refractivity contribution in [3.05, 3.63) is 70.9 Å². The van der Waals surface area contributed by atoms with Crippen LogP contribution in [-0.2, 0) is 4.79 Å². The number of piperidine rings is 1. The Morgan fingerprint density at radius 1 is 1.03 bits per heavy atom. The van der Waals surface area contributed by atoms with E-state index in [9.17, 15) is 9.59 Å². The first-order valence-electron chi connectivity index (χ1n) is 9.86.